The second kappa shape index (κ2) is 8.67. The number of ketones is 1. The molecule has 0 bridgehead atoms. The molecule has 0 saturated heterocycles. The summed E-state index contributed by atoms with van der Waals surface area (Å²) in [4.78, 5) is 13.7. The number of carbonyl (C=O) groups excluding carboxylic acids is 1. The van der Waals surface area contributed by atoms with Gasteiger partial charge in [0.15, 0.2) is 5.78 Å². The summed E-state index contributed by atoms with van der Waals surface area (Å²) >= 11 is 0. The first-order valence-electron chi connectivity index (χ1n) is 14.1. The van der Waals surface area contributed by atoms with E-state index in [1.54, 1.807) is 0 Å². The molecule has 6 nitrogen and oxygen atoms in total. The Kier molecular flexibility index (Phi) is 5.95. The molecule has 1 aromatic heterocycles. The van der Waals surface area contributed by atoms with Crippen LogP contribution in [0, 0.1) is 40.4 Å². The standard InChI is InChI=1S/C29H38F3N3O3/c1-26(37)12-13-27(2)17(15-26)4-6-19-20-7-8-22(28(20,3)11-10-21(19)27)25(36)16-35-24-9-5-18(38-29(30,31)32)14-23(24)33-34-35/h5,9,14,17,19-22,37H,4,6-8,10-13,15-16H2,1-3H3/t17-,19-,20-,21-,22+,26+,27-,28-/m0/s1. The molecule has 9 heteroatoms. The third kappa shape index (κ3) is 4.23. The van der Waals surface area contributed by atoms with Gasteiger partial charge in [0, 0.05) is 12.0 Å². The minimum Gasteiger partial charge on any atom is -0.406 e. The van der Waals surface area contributed by atoms with Crippen molar-refractivity contribution in [2.24, 2.45) is 40.4 Å². The summed E-state index contributed by atoms with van der Waals surface area (Å²) in [6.07, 6.45) is 4.61. The van der Waals surface area contributed by atoms with Gasteiger partial charge >= 0.3 is 6.36 Å². The quantitative estimate of drug-likeness (QED) is 0.499. The lowest BCUT2D eigenvalue weighted by Gasteiger charge is -2.61. The van der Waals surface area contributed by atoms with Crippen LogP contribution in [0.2, 0.25) is 0 Å². The fourth-order valence-corrected chi connectivity index (χ4v) is 9.48. The van der Waals surface area contributed by atoms with E-state index in [-0.39, 0.29) is 40.3 Å². The van der Waals surface area contributed by atoms with Crippen molar-refractivity contribution >= 4 is 16.8 Å². The maximum absolute atomic E-state index is 13.7. The zero-order chi connectivity index (χ0) is 27.1. The van der Waals surface area contributed by atoms with Gasteiger partial charge in [-0.1, -0.05) is 19.1 Å². The summed E-state index contributed by atoms with van der Waals surface area (Å²) in [5.41, 5.74) is 0.501. The number of benzene rings is 1. The summed E-state index contributed by atoms with van der Waals surface area (Å²) in [6, 6.07) is 3.91. The van der Waals surface area contributed by atoms with E-state index >= 15 is 0 Å². The Hall–Kier alpha value is -2.16. The van der Waals surface area contributed by atoms with E-state index in [1.807, 2.05) is 6.92 Å². The summed E-state index contributed by atoms with van der Waals surface area (Å²) in [7, 11) is 0. The molecule has 4 saturated carbocycles. The van der Waals surface area contributed by atoms with Crippen LogP contribution < -0.4 is 4.74 Å². The number of ether oxygens (including phenoxy) is 1. The summed E-state index contributed by atoms with van der Waals surface area (Å²) < 4.78 is 43.3. The van der Waals surface area contributed by atoms with E-state index in [9.17, 15) is 23.1 Å². The number of Topliss-reactive ketones (excluding diaryl/α,β-unsaturated/α-hetero) is 1. The number of rotatable bonds is 4. The van der Waals surface area contributed by atoms with Gasteiger partial charge in [0.1, 0.15) is 17.8 Å². The van der Waals surface area contributed by atoms with Crippen molar-refractivity contribution in [3.8, 4) is 5.75 Å². The van der Waals surface area contributed by atoms with Crippen LogP contribution in [-0.4, -0.2) is 37.8 Å². The highest BCUT2D eigenvalue weighted by molar-refractivity contribution is 5.84. The van der Waals surface area contributed by atoms with E-state index in [2.05, 4.69) is 28.9 Å². The van der Waals surface area contributed by atoms with Crippen molar-refractivity contribution in [1.29, 1.82) is 0 Å². The molecular weight excluding hydrogens is 495 g/mol. The van der Waals surface area contributed by atoms with Crippen LogP contribution in [0.15, 0.2) is 18.2 Å². The van der Waals surface area contributed by atoms with Crippen molar-refractivity contribution in [2.45, 2.75) is 97.1 Å². The number of hydrogen-bond donors (Lipinski definition) is 1. The molecule has 2 aromatic rings. The first-order chi connectivity index (χ1) is 17.8. The number of fused-ring (bicyclic) bond motifs is 6. The smallest absolute Gasteiger partial charge is 0.406 e. The molecule has 0 aliphatic heterocycles. The van der Waals surface area contributed by atoms with Gasteiger partial charge in [-0.3, -0.25) is 4.79 Å². The van der Waals surface area contributed by atoms with Crippen LogP contribution >= 0.6 is 0 Å². The molecule has 0 amide bonds. The van der Waals surface area contributed by atoms with Crippen molar-refractivity contribution < 1.29 is 27.8 Å². The van der Waals surface area contributed by atoms with Crippen molar-refractivity contribution in [2.75, 3.05) is 0 Å². The molecule has 4 fully saturated rings. The second-order valence-electron chi connectivity index (χ2n) is 13.4. The van der Waals surface area contributed by atoms with Gasteiger partial charge in [0.2, 0.25) is 0 Å². The maximum Gasteiger partial charge on any atom is 0.573 e. The minimum absolute atomic E-state index is 0.0360. The molecule has 4 aliphatic carbocycles. The fraction of sp³-hybridized carbons (Fsp3) is 0.759. The number of halogens is 3. The molecule has 0 radical (unpaired) electrons. The maximum atomic E-state index is 13.7. The van der Waals surface area contributed by atoms with E-state index in [0.29, 0.717) is 29.2 Å². The van der Waals surface area contributed by atoms with Crippen LogP contribution in [0.1, 0.15) is 78.6 Å². The number of alkyl halides is 3. The Bertz CT molecular complexity index is 1240. The van der Waals surface area contributed by atoms with Crippen LogP contribution in [0.5, 0.6) is 5.75 Å². The third-order valence-electron chi connectivity index (χ3n) is 11.4. The van der Waals surface area contributed by atoms with Gasteiger partial charge in [0.05, 0.1) is 11.1 Å². The molecule has 0 spiro atoms. The molecule has 6 rings (SSSR count). The number of aromatic nitrogens is 3. The van der Waals surface area contributed by atoms with Crippen molar-refractivity contribution in [3.63, 3.8) is 0 Å². The van der Waals surface area contributed by atoms with Crippen LogP contribution in [0.3, 0.4) is 0 Å². The number of aliphatic hydroxyl groups is 1. The molecule has 4 aliphatic rings. The SMILES string of the molecule is C[C@@]1(O)CC[C@@]2(C)[C@@H](CC[C@@H]3[C@@H]2CC[C@]2(C)[C@@H](C(=O)Cn4nnc5cc(OC(F)(F)F)ccc54)CC[C@@H]32)C1. The predicted octanol–water partition coefficient (Wildman–Crippen LogP) is 6.31. The largest absolute Gasteiger partial charge is 0.573 e. The highest BCUT2D eigenvalue weighted by Gasteiger charge is 2.61. The minimum atomic E-state index is -4.78. The monoisotopic (exact) mass is 533 g/mol. The predicted molar refractivity (Wildman–Crippen MR) is 135 cm³/mol. The molecule has 0 unspecified atom stereocenters. The Morgan fingerprint density at radius 2 is 1.82 bits per heavy atom. The normalized spacial score (nSPS) is 40.9. The highest BCUT2D eigenvalue weighted by atomic mass is 19.4. The van der Waals surface area contributed by atoms with E-state index < -0.39 is 12.0 Å². The molecule has 1 aromatic carbocycles. The summed E-state index contributed by atoms with van der Waals surface area (Å²) in [5, 5.41) is 18.8. The molecule has 38 heavy (non-hydrogen) atoms. The molecule has 1 N–H and O–H groups in total. The van der Waals surface area contributed by atoms with Crippen LogP contribution in [0.25, 0.3) is 11.0 Å². The van der Waals surface area contributed by atoms with Gasteiger partial charge in [-0.15, -0.1) is 18.3 Å². The lowest BCUT2D eigenvalue weighted by Crippen LogP contribution is -2.55. The Morgan fingerprint density at radius 3 is 2.58 bits per heavy atom. The zero-order valence-electron chi connectivity index (χ0n) is 22.4. The number of nitrogens with zero attached hydrogens (tertiary/aromatic N) is 3. The second-order valence-corrected chi connectivity index (χ2v) is 13.4. The molecule has 8 atom stereocenters. The highest BCUT2D eigenvalue weighted by Crippen LogP contribution is 2.68. The van der Waals surface area contributed by atoms with E-state index in [1.165, 1.54) is 35.7 Å². The first-order valence-corrected chi connectivity index (χ1v) is 14.1. The average Bonchev–Trinajstić information content (AvgIpc) is 3.38. The van der Waals surface area contributed by atoms with Crippen LogP contribution in [-0.2, 0) is 11.3 Å². The van der Waals surface area contributed by atoms with Gasteiger partial charge < -0.3 is 9.84 Å². The molecule has 208 valence electrons. The lowest BCUT2D eigenvalue weighted by molar-refractivity contribution is -0.274. The topological polar surface area (TPSA) is 77.2 Å². The van der Waals surface area contributed by atoms with Gasteiger partial charge in [-0.05, 0) is 111 Å². The van der Waals surface area contributed by atoms with Gasteiger partial charge in [-0.25, -0.2) is 4.68 Å². The Morgan fingerprint density at radius 1 is 1.05 bits per heavy atom. The van der Waals surface area contributed by atoms with Crippen LogP contribution in [0.4, 0.5) is 13.2 Å². The van der Waals surface area contributed by atoms with Crippen molar-refractivity contribution in [3.05, 3.63) is 18.2 Å². The molecule has 1 heterocycles. The lowest BCUT2D eigenvalue weighted by atomic mass is 9.44. The first kappa shape index (κ1) is 26.1. The summed E-state index contributed by atoms with van der Waals surface area (Å²) in [5.74, 6) is 2.16. The van der Waals surface area contributed by atoms with Gasteiger partial charge in [0.25, 0.3) is 0 Å². The van der Waals surface area contributed by atoms with E-state index in [0.717, 1.165) is 44.9 Å². The number of carbonyl (C=O) groups is 1. The van der Waals surface area contributed by atoms with Crippen molar-refractivity contribution in [1.82, 2.24) is 15.0 Å². The van der Waals surface area contributed by atoms with Gasteiger partial charge in [-0.2, -0.15) is 0 Å². The Balaban J connectivity index is 1.18. The Labute approximate surface area is 221 Å². The average molecular weight is 534 g/mol. The summed E-state index contributed by atoms with van der Waals surface area (Å²) in [6.45, 7) is 6.87. The molecular formula is C29H38F3N3O3. The number of hydrogen-bond acceptors (Lipinski definition) is 5. The third-order valence-corrected chi connectivity index (χ3v) is 11.4. The van der Waals surface area contributed by atoms with E-state index in [4.69, 9.17) is 0 Å². The fourth-order valence-electron chi connectivity index (χ4n) is 9.48. The zero-order valence-corrected chi connectivity index (χ0v) is 22.4.